The SMILES string of the molecule is Cc1c(C(=O)Nc2ccc(C(=O)OC3CCCCC3)cc2)cccc1[N+](=O)[O-]. The molecule has 0 heterocycles. The van der Waals surface area contributed by atoms with Crippen molar-refractivity contribution < 1.29 is 19.2 Å². The molecule has 0 atom stereocenters. The topological polar surface area (TPSA) is 98.5 Å². The smallest absolute Gasteiger partial charge is 0.338 e. The van der Waals surface area contributed by atoms with E-state index in [1.54, 1.807) is 24.3 Å². The predicted octanol–water partition coefficient (Wildman–Crippen LogP) is 4.65. The molecule has 1 aliphatic carbocycles. The maximum atomic E-state index is 12.5. The number of hydrogen-bond donors (Lipinski definition) is 1. The Morgan fingerprint density at radius 1 is 1.07 bits per heavy atom. The highest BCUT2D eigenvalue weighted by Crippen LogP contribution is 2.23. The van der Waals surface area contributed by atoms with Crippen molar-refractivity contribution in [2.75, 3.05) is 5.32 Å². The van der Waals surface area contributed by atoms with Crippen LogP contribution in [0.5, 0.6) is 0 Å². The van der Waals surface area contributed by atoms with Crippen molar-refractivity contribution >= 4 is 23.3 Å². The third-order valence-electron chi connectivity index (χ3n) is 4.95. The van der Waals surface area contributed by atoms with Crippen molar-refractivity contribution in [3.63, 3.8) is 0 Å². The summed E-state index contributed by atoms with van der Waals surface area (Å²) in [5.41, 5.74) is 1.35. The first-order valence-electron chi connectivity index (χ1n) is 9.32. The zero-order chi connectivity index (χ0) is 20.1. The van der Waals surface area contributed by atoms with Crippen LogP contribution in [0.4, 0.5) is 11.4 Å². The van der Waals surface area contributed by atoms with Gasteiger partial charge in [0, 0.05) is 22.9 Å². The Kier molecular flexibility index (Phi) is 6.03. The number of amides is 1. The Morgan fingerprint density at radius 2 is 1.75 bits per heavy atom. The molecule has 1 aliphatic rings. The molecule has 1 fully saturated rings. The van der Waals surface area contributed by atoms with Crippen LogP contribution in [-0.4, -0.2) is 22.9 Å². The van der Waals surface area contributed by atoms with E-state index in [1.807, 2.05) is 0 Å². The molecule has 28 heavy (non-hydrogen) atoms. The molecule has 0 radical (unpaired) electrons. The van der Waals surface area contributed by atoms with Crippen molar-refractivity contribution in [2.45, 2.75) is 45.1 Å². The standard InChI is InChI=1S/C21H22N2O5/c1-14-18(8-5-9-19(14)23(26)27)20(24)22-16-12-10-15(11-13-16)21(25)28-17-6-3-2-4-7-17/h5,8-13,17H,2-4,6-7H2,1H3,(H,22,24). The number of esters is 1. The quantitative estimate of drug-likeness (QED) is 0.461. The van der Waals surface area contributed by atoms with Gasteiger partial charge in [0.25, 0.3) is 11.6 Å². The first kappa shape index (κ1) is 19.5. The molecule has 0 aromatic heterocycles. The second-order valence-electron chi connectivity index (χ2n) is 6.90. The molecule has 0 unspecified atom stereocenters. The first-order chi connectivity index (χ1) is 13.5. The number of anilines is 1. The van der Waals surface area contributed by atoms with E-state index < -0.39 is 10.8 Å². The van der Waals surface area contributed by atoms with E-state index in [0.29, 0.717) is 16.8 Å². The molecule has 1 amide bonds. The number of ether oxygens (including phenoxy) is 1. The van der Waals surface area contributed by atoms with Crippen LogP contribution in [-0.2, 0) is 4.74 Å². The van der Waals surface area contributed by atoms with Gasteiger partial charge in [0.15, 0.2) is 0 Å². The zero-order valence-electron chi connectivity index (χ0n) is 15.6. The van der Waals surface area contributed by atoms with E-state index in [0.717, 1.165) is 25.7 Å². The van der Waals surface area contributed by atoms with Crippen molar-refractivity contribution in [3.8, 4) is 0 Å². The van der Waals surface area contributed by atoms with Crippen LogP contribution in [0.25, 0.3) is 0 Å². The largest absolute Gasteiger partial charge is 0.459 e. The van der Waals surface area contributed by atoms with Gasteiger partial charge < -0.3 is 10.1 Å². The molecule has 7 nitrogen and oxygen atoms in total. The van der Waals surface area contributed by atoms with Gasteiger partial charge in [0.05, 0.1) is 10.5 Å². The van der Waals surface area contributed by atoms with Crippen LogP contribution in [0.1, 0.15) is 58.4 Å². The maximum absolute atomic E-state index is 12.5. The van der Waals surface area contributed by atoms with Crippen LogP contribution < -0.4 is 5.32 Å². The lowest BCUT2D eigenvalue weighted by atomic mass is 9.98. The minimum absolute atomic E-state index is 0.0162. The van der Waals surface area contributed by atoms with Crippen LogP contribution in [0.2, 0.25) is 0 Å². The van der Waals surface area contributed by atoms with Gasteiger partial charge >= 0.3 is 5.97 Å². The Bertz CT molecular complexity index is 886. The van der Waals surface area contributed by atoms with E-state index in [4.69, 9.17) is 4.74 Å². The summed E-state index contributed by atoms with van der Waals surface area (Å²) >= 11 is 0. The summed E-state index contributed by atoms with van der Waals surface area (Å²) < 4.78 is 5.53. The molecule has 0 saturated heterocycles. The molecular formula is C21H22N2O5. The number of carbonyl (C=O) groups is 2. The number of nitro groups is 1. The number of nitrogens with one attached hydrogen (secondary N) is 1. The summed E-state index contributed by atoms with van der Waals surface area (Å²) in [4.78, 5) is 35.2. The highest BCUT2D eigenvalue weighted by Gasteiger charge is 2.20. The molecule has 0 aliphatic heterocycles. The zero-order valence-corrected chi connectivity index (χ0v) is 15.6. The molecular weight excluding hydrogens is 360 g/mol. The first-order valence-corrected chi connectivity index (χ1v) is 9.32. The third kappa shape index (κ3) is 4.54. The van der Waals surface area contributed by atoms with Gasteiger partial charge in [-0.2, -0.15) is 0 Å². The van der Waals surface area contributed by atoms with Crippen molar-refractivity contribution in [1.29, 1.82) is 0 Å². The molecule has 1 N–H and O–H groups in total. The number of nitrogens with zero attached hydrogens (tertiary/aromatic N) is 1. The summed E-state index contributed by atoms with van der Waals surface area (Å²) in [5.74, 6) is -0.807. The van der Waals surface area contributed by atoms with Crippen LogP contribution in [0, 0.1) is 17.0 Å². The van der Waals surface area contributed by atoms with Crippen molar-refractivity contribution in [3.05, 3.63) is 69.3 Å². The van der Waals surface area contributed by atoms with Gasteiger partial charge in [-0.15, -0.1) is 0 Å². The predicted molar refractivity (Wildman–Crippen MR) is 105 cm³/mol. The fraction of sp³-hybridized carbons (Fsp3) is 0.333. The molecule has 0 bridgehead atoms. The fourth-order valence-electron chi connectivity index (χ4n) is 3.36. The summed E-state index contributed by atoms with van der Waals surface area (Å²) in [6, 6.07) is 10.8. The number of benzene rings is 2. The highest BCUT2D eigenvalue weighted by molar-refractivity contribution is 6.06. The monoisotopic (exact) mass is 382 g/mol. The Hall–Kier alpha value is -3.22. The fourth-order valence-corrected chi connectivity index (χ4v) is 3.36. The van der Waals surface area contributed by atoms with E-state index in [-0.39, 0.29) is 23.3 Å². The molecule has 1 saturated carbocycles. The average molecular weight is 382 g/mol. The average Bonchev–Trinajstić information content (AvgIpc) is 2.69. The second kappa shape index (κ2) is 8.65. The van der Waals surface area contributed by atoms with Crippen LogP contribution >= 0.6 is 0 Å². The van der Waals surface area contributed by atoms with Crippen molar-refractivity contribution in [2.24, 2.45) is 0 Å². The van der Waals surface area contributed by atoms with Gasteiger partial charge in [-0.3, -0.25) is 14.9 Å². The molecule has 7 heteroatoms. The molecule has 0 spiro atoms. The van der Waals surface area contributed by atoms with E-state index in [9.17, 15) is 19.7 Å². The van der Waals surface area contributed by atoms with E-state index in [2.05, 4.69) is 5.32 Å². The normalized spacial score (nSPS) is 14.3. The minimum atomic E-state index is -0.515. The van der Waals surface area contributed by atoms with E-state index >= 15 is 0 Å². The number of nitro benzene ring substituents is 1. The number of rotatable bonds is 5. The Morgan fingerprint density at radius 3 is 2.39 bits per heavy atom. The summed E-state index contributed by atoms with van der Waals surface area (Å²) in [6.45, 7) is 1.54. The molecule has 2 aromatic carbocycles. The van der Waals surface area contributed by atoms with Gasteiger partial charge in [0.1, 0.15) is 6.10 Å². The molecule has 146 valence electrons. The van der Waals surface area contributed by atoms with Crippen LogP contribution in [0.15, 0.2) is 42.5 Å². The summed E-state index contributed by atoms with van der Waals surface area (Å²) in [6.07, 6.45) is 5.15. The Balaban J connectivity index is 1.65. The van der Waals surface area contributed by atoms with Gasteiger partial charge in [-0.1, -0.05) is 12.5 Å². The lowest BCUT2D eigenvalue weighted by Gasteiger charge is -2.21. The van der Waals surface area contributed by atoms with Gasteiger partial charge in [-0.05, 0) is 62.9 Å². The number of hydrogen-bond acceptors (Lipinski definition) is 5. The highest BCUT2D eigenvalue weighted by atomic mass is 16.6. The lowest BCUT2D eigenvalue weighted by Crippen LogP contribution is -2.21. The van der Waals surface area contributed by atoms with Gasteiger partial charge in [-0.25, -0.2) is 4.79 Å². The third-order valence-corrected chi connectivity index (χ3v) is 4.95. The summed E-state index contributed by atoms with van der Waals surface area (Å²) in [7, 11) is 0. The molecule has 2 aromatic rings. The van der Waals surface area contributed by atoms with Crippen LogP contribution in [0.3, 0.4) is 0 Å². The van der Waals surface area contributed by atoms with Crippen molar-refractivity contribution in [1.82, 2.24) is 0 Å². The Labute approximate surface area is 162 Å². The van der Waals surface area contributed by atoms with Gasteiger partial charge in [0.2, 0.25) is 0 Å². The summed E-state index contributed by atoms with van der Waals surface area (Å²) in [5, 5.41) is 13.7. The number of carbonyl (C=O) groups excluding carboxylic acids is 2. The maximum Gasteiger partial charge on any atom is 0.338 e. The lowest BCUT2D eigenvalue weighted by molar-refractivity contribution is -0.385. The van der Waals surface area contributed by atoms with E-state index in [1.165, 1.54) is 31.5 Å². The molecule has 3 rings (SSSR count). The second-order valence-corrected chi connectivity index (χ2v) is 6.90. The minimum Gasteiger partial charge on any atom is -0.459 e.